The molecule has 2 atom stereocenters. The molecule has 1 aliphatic heterocycles. The van der Waals surface area contributed by atoms with Crippen LogP contribution in [0.1, 0.15) is 5.56 Å². The third kappa shape index (κ3) is 5.18. The summed E-state index contributed by atoms with van der Waals surface area (Å²) in [6, 6.07) is 61.4. The first-order valence-electron chi connectivity index (χ1n) is 17.7. The highest BCUT2D eigenvalue weighted by Gasteiger charge is 2.38. The Morgan fingerprint density at radius 2 is 0.922 bits per heavy atom. The van der Waals surface area contributed by atoms with Crippen molar-refractivity contribution in [3.05, 3.63) is 204 Å². The van der Waals surface area contributed by atoms with Gasteiger partial charge in [0.15, 0.2) is 0 Å². The first-order valence-corrected chi connectivity index (χ1v) is 17.7. The van der Waals surface area contributed by atoms with Crippen molar-refractivity contribution in [2.24, 2.45) is 5.92 Å². The Morgan fingerprint density at radius 1 is 0.412 bits per heavy atom. The van der Waals surface area contributed by atoms with E-state index in [4.69, 9.17) is 4.74 Å². The molecule has 0 aromatic heterocycles. The average molecular weight is 651 g/mol. The van der Waals surface area contributed by atoms with Crippen LogP contribution in [0.25, 0.3) is 72.9 Å². The summed E-state index contributed by atoms with van der Waals surface area (Å²) in [5.41, 5.74) is 15.7. The van der Waals surface area contributed by atoms with Crippen LogP contribution in [-0.4, -0.2) is 6.10 Å². The molecule has 1 heterocycles. The molecule has 2 aliphatic carbocycles. The van der Waals surface area contributed by atoms with Crippen LogP contribution in [0.3, 0.4) is 0 Å². The van der Waals surface area contributed by atoms with Crippen molar-refractivity contribution in [2.75, 3.05) is 0 Å². The summed E-state index contributed by atoms with van der Waals surface area (Å²) < 4.78 is 6.98. The molecule has 240 valence electrons. The summed E-state index contributed by atoms with van der Waals surface area (Å²) in [6.45, 7) is 0. The van der Waals surface area contributed by atoms with Crippen LogP contribution in [-0.2, 0) is 0 Å². The lowest BCUT2D eigenvalue weighted by atomic mass is 9.74. The first kappa shape index (κ1) is 29.5. The molecule has 7 aromatic carbocycles. The van der Waals surface area contributed by atoms with E-state index in [9.17, 15) is 0 Å². The smallest absolute Gasteiger partial charge is 0.135 e. The SMILES string of the molecule is C1=CC2=c3ccccc3=CC3Oc4c(cccc4-c4cccc(-c5cccc(-c6cc(-c7ccccc7)cc(-c7ccccc7)c6)c5)c4)C(=C1)C23. The van der Waals surface area contributed by atoms with Crippen LogP contribution in [0, 0.1) is 5.92 Å². The predicted octanol–water partition coefficient (Wildman–Crippen LogP) is 11.0. The standard InChI is InChI=1S/C50H34O/c1-3-13-33(14-4-1)40-29-41(34-15-5-2-6-16-34)31-42(30-40)37-20-9-18-35(27-37)36-19-10-21-38(28-36)44-23-11-26-47-46-25-12-24-45-43-22-8-7-17-39(43)32-48(49(45)46)51-50(44)47/h1-32,48-49H. The number of hydrogen-bond donors (Lipinski definition) is 0. The van der Waals surface area contributed by atoms with E-state index in [1.165, 1.54) is 71.7 Å². The molecule has 0 fully saturated rings. The number of allylic oxidation sites excluding steroid dienone is 3. The molecule has 0 radical (unpaired) electrons. The van der Waals surface area contributed by atoms with Crippen molar-refractivity contribution in [3.8, 4) is 61.4 Å². The van der Waals surface area contributed by atoms with Gasteiger partial charge < -0.3 is 4.74 Å². The number of hydrogen-bond acceptors (Lipinski definition) is 1. The predicted molar refractivity (Wildman–Crippen MR) is 212 cm³/mol. The molecule has 0 bridgehead atoms. The lowest BCUT2D eigenvalue weighted by Crippen LogP contribution is -2.43. The van der Waals surface area contributed by atoms with Gasteiger partial charge in [0.25, 0.3) is 0 Å². The summed E-state index contributed by atoms with van der Waals surface area (Å²) in [4.78, 5) is 0. The fourth-order valence-corrected chi connectivity index (χ4v) is 8.17. The first-order chi connectivity index (χ1) is 25.3. The summed E-state index contributed by atoms with van der Waals surface area (Å²) in [5.74, 6) is 1.16. The monoisotopic (exact) mass is 650 g/mol. The maximum Gasteiger partial charge on any atom is 0.135 e. The highest BCUT2D eigenvalue weighted by molar-refractivity contribution is 5.93. The molecule has 2 unspecified atom stereocenters. The van der Waals surface area contributed by atoms with Gasteiger partial charge in [0.1, 0.15) is 11.9 Å². The van der Waals surface area contributed by atoms with Gasteiger partial charge in [0.2, 0.25) is 0 Å². The van der Waals surface area contributed by atoms with Crippen molar-refractivity contribution in [1.29, 1.82) is 0 Å². The topological polar surface area (TPSA) is 9.23 Å². The second kappa shape index (κ2) is 12.2. The minimum Gasteiger partial charge on any atom is -0.484 e. The number of para-hydroxylation sites is 1. The van der Waals surface area contributed by atoms with Gasteiger partial charge in [-0.1, -0.05) is 158 Å². The number of fused-ring (bicyclic) bond motifs is 3. The van der Waals surface area contributed by atoms with Gasteiger partial charge in [-0.3, -0.25) is 0 Å². The molecule has 51 heavy (non-hydrogen) atoms. The van der Waals surface area contributed by atoms with Crippen LogP contribution >= 0.6 is 0 Å². The fraction of sp³-hybridized carbons (Fsp3) is 0.0400. The van der Waals surface area contributed by atoms with E-state index in [-0.39, 0.29) is 12.0 Å². The van der Waals surface area contributed by atoms with E-state index in [1.807, 2.05) is 0 Å². The van der Waals surface area contributed by atoms with Crippen LogP contribution in [0.15, 0.2) is 188 Å². The second-order valence-corrected chi connectivity index (χ2v) is 13.6. The zero-order chi connectivity index (χ0) is 33.7. The zero-order valence-electron chi connectivity index (χ0n) is 28.0. The van der Waals surface area contributed by atoms with Crippen molar-refractivity contribution in [2.45, 2.75) is 6.10 Å². The van der Waals surface area contributed by atoms with E-state index in [2.05, 4.69) is 194 Å². The van der Waals surface area contributed by atoms with Gasteiger partial charge >= 0.3 is 0 Å². The molecular weight excluding hydrogens is 617 g/mol. The van der Waals surface area contributed by atoms with Crippen LogP contribution in [0.5, 0.6) is 5.75 Å². The molecule has 3 aliphatic rings. The zero-order valence-corrected chi connectivity index (χ0v) is 28.0. The summed E-state index contributed by atoms with van der Waals surface area (Å²) in [7, 11) is 0. The Labute approximate surface area is 298 Å². The molecule has 7 aromatic rings. The lowest BCUT2D eigenvalue weighted by Gasteiger charge is -2.39. The molecule has 1 heteroatoms. The Kier molecular flexibility index (Phi) is 7.03. The van der Waals surface area contributed by atoms with Gasteiger partial charge in [-0.15, -0.1) is 0 Å². The molecule has 0 amide bonds. The summed E-state index contributed by atoms with van der Waals surface area (Å²) >= 11 is 0. The Hall–Kier alpha value is -6.44. The summed E-state index contributed by atoms with van der Waals surface area (Å²) in [6.07, 6.45) is 9.02. The molecular formula is C50H34O. The Bertz CT molecular complexity index is 2600. The highest BCUT2D eigenvalue weighted by atomic mass is 16.5. The number of benzene rings is 7. The minimum absolute atomic E-state index is 0.0490. The Balaban J connectivity index is 1.05. The van der Waals surface area contributed by atoms with Crippen LogP contribution in [0.4, 0.5) is 0 Å². The molecule has 0 N–H and O–H groups in total. The molecule has 10 rings (SSSR count). The quantitative estimate of drug-likeness (QED) is 0.180. The van der Waals surface area contributed by atoms with E-state index in [0.29, 0.717) is 0 Å². The molecule has 0 saturated carbocycles. The maximum atomic E-state index is 6.98. The van der Waals surface area contributed by atoms with Crippen molar-refractivity contribution in [1.82, 2.24) is 0 Å². The van der Waals surface area contributed by atoms with Crippen LogP contribution in [0.2, 0.25) is 0 Å². The van der Waals surface area contributed by atoms with E-state index < -0.39 is 0 Å². The third-order valence-electron chi connectivity index (χ3n) is 10.6. The van der Waals surface area contributed by atoms with Crippen molar-refractivity contribution >= 4 is 17.2 Å². The molecule has 0 spiro atoms. The Morgan fingerprint density at radius 3 is 1.63 bits per heavy atom. The van der Waals surface area contributed by atoms with Gasteiger partial charge in [0, 0.05) is 11.1 Å². The fourth-order valence-electron chi connectivity index (χ4n) is 8.17. The normalized spacial score (nSPS) is 16.5. The third-order valence-corrected chi connectivity index (χ3v) is 10.6. The maximum absolute atomic E-state index is 6.98. The van der Waals surface area contributed by atoms with Crippen molar-refractivity contribution < 1.29 is 4.74 Å². The van der Waals surface area contributed by atoms with Gasteiger partial charge in [0.05, 0.1) is 5.92 Å². The average Bonchev–Trinajstić information content (AvgIpc) is 3.21. The van der Waals surface area contributed by atoms with E-state index >= 15 is 0 Å². The lowest BCUT2D eigenvalue weighted by molar-refractivity contribution is 0.233. The molecule has 1 nitrogen and oxygen atoms in total. The second-order valence-electron chi connectivity index (χ2n) is 13.6. The largest absolute Gasteiger partial charge is 0.484 e. The van der Waals surface area contributed by atoms with Gasteiger partial charge in [-0.05, 0) is 108 Å². The summed E-state index contributed by atoms with van der Waals surface area (Å²) in [5, 5.41) is 2.55. The van der Waals surface area contributed by atoms with Gasteiger partial charge in [-0.2, -0.15) is 0 Å². The van der Waals surface area contributed by atoms with E-state index in [0.717, 1.165) is 16.9 Å². The van der Waals surface area contributed by atoms with E-state index in [1.54, 1.807) is 0 Å². The van der Waals surface area contributed by atoms with Crippen LogP contribution < -0.4 is 15.2 Å². The highest BCUT2D eigenvalue weighted by Crippen LogP contribution is 2.49. The number of rotatable bonds is 5. The van der Waals surface area contributed by atoms with Crippen molar-refractivity contribution in [3.63, 3.8) is 0 Å². The molecule has 0 saturated heterocycles. The minimum atomic E-state index is -0.0490. The van der Waals surface area contributed by atoms with Gasteiger partial charge in [-0.25, -0.2) is 0 Å². The number of ether oxygens (including phenoxy) is 1.